The highest BCUT2D eigenvalue weighted by molar-refractivity contribution is 7.93. The first-order chi connectivity index (χ1) is 13.0. The van der Waals surface area contributed by atoms with E-state index in [-0.39, 0.29) is 22.1 Å². The molecule has 0 atom stereocenters. The van der Waals surface area contributed by atoms with Gasteiger partial charge in [0.2, 0.25) is 0 Å². The molecular formula is C19H23N3O4S. The van der Waals surface area contributed by atoms with Crippen molar-refractivity contribution in [1.82, 2.24) is 5.32 Å². The van der Waals surface area contributed by atoms with Crippen molar-refractivity contribution in [3.05, 3.63) is 53.6 Å². The molecule has 0 radical (unpaired) electrons. The molecule has 0 spiro atoms. The standard InChI is InChI=1S/C19H23N3O4S/c1-26-17-9-8-15(19(23)21-11-10-20)13-18(17)27(24,25)22-12-4-6-14-5-2-3-7-16(14)22/h2-3,5,7-9,13H,4,6,10-12,20H2,1H3,(H,21,23). The molecule has 0 saturated heterocycles. The zero-order valence-electron chi connectivity index (χ0n) is 15.1. The maximum absolute atomic E-state index is 13.4. The summed E-state index contributed by atoms with van der Waals surface area (Å²) < 4.78 is 33.5. The van der Waals surface area contributed by atoms with Crippen LogP contribution in [-0.2, 0) is 16.4 Å². The fourth-order valence-corrected chi connectivity index (χ4v) is 4.90. The van der Waals surface area contributed by atoms with Gasteiger partial charge in [-0.15, -0.1) is 0 Å². The van der Waals surface area contributed by atoms with E-state index in [0.29, 0.717) is 25.3 Å². The Hall–Kier alpha value is -2.58. The van der Waals surface area contributed by atoms with E-state index < -0.39 is 10.0 Å². The third-order valence-corrected chi connectivity index (χ3v) is 6.33. The molecule has 7 nitrogen and oxygen atoms in total. The highest BCUT2D eigenvalue weighted by Gasteiger charge is 2.32. The normalized spacial score (nSPS) is 13.8. The Kier molecular flexibility index (Phi) is 5.67. The number of rotatable bonds is 6. The van der Waals surface area contributed by atoms with Crippen LogP contribution < -0.4 is 20.1 Å². The Balaban J connectivity index is 2.05. The van der Waals surface area contributed by atoms with Crippen molar-refractivity contribution >= 4 is 21.6 Å². The van der Waals surface area contributed by atoms with Crippen LogP contribution in [0.25, 0.3) is 0 Å². The number of nitrogens with zero attached hydrogens (tertiary/aromatic N) is 1. The van der Waals surface area contributed by atoms with Crippen LogP contribution in [0, 0.1) is 0 Å². The second-order valence-electron chi connectivity index (χ2n) is 6.22. The third kappa shape index (κ3) is 3.77. The Morgan fingerprint density at radius 2 is 2.04 bits per heavy atom. The third-order valence-electron chi connectivity index (χ3n) is 4.49. The number of sulfonamides is 1. The summed E-state index contributed by atoms with van der Waals surface area (Å²) in [5.74, 6) is -0.174. The van der Waals surface area contributed by atoms with Crippen LogP contribution >= 0.6 is 0 Å². The van der Waals surface area contributed by atoms with Crippen LogP contribution in [0.4, 0.5) is 5.69 Å². The predicted molar refractivity (Wildman–Crippen MR) is 104 cm³/mol. The molecule has 0 saturated carbocycles. The minimum Gasteiger partial charge on any atom is -0.495 e. The number of aryl methyl sites for hydroxylation is 1. The van der Waals surface area contributed by atoms with Crippen LogP contribution in [0.5, 0.6) is 5.75 Å². The molecule has 0 fully saturated rings. The fraction of sp³-hybridized carbons (Fsp3) is 0.316. The number of para-hydroxylation sites is 1. The van der Waals surface area contributed by atoms with Crippen molar-refractivity contribution in [1.29, 1.82) is 0 Å². The molecule has 8 heteroatoms. The number of ether oxygens (including phenoxy) is 1. The zero-order valence-corrected chi connectivity index (χ0v) is 16.0. The summed E-state index contributed by atoms with van der Waals surface area (Å²) in [6, 6.07) is 11.9. The summed E-state index contributed by atoms with van der Waals surface area (Å²) in [6.07, 6.45) is 1.57. The smallest absolute Gasteiger partial charge is 0.268 e. The summed E-state index contributed by atoms with van der Waals surface area (Å²) in [5.41, 5.74) is 7.31. The molecule has 1 amide bonds. The van der Waals surface area contributed by atoms with Gasteiger partial charge in [0, 0.05) is 25.2 Å². The lowest BCUT2D eigenvalue weighted by Crippen LogP contribution is -2.36. The average molecular weight is 389 g/mol. The van der Waals surface area contributed by atoms with Crippen LogP contribution in [0.15, 0.2) is 47.4 Å². The zero-order chi connectivity index (χ0) is 19.4. The largest absolute Gasteiger partial charge is 0.495 e. The molecular weight excluding hydrogens is 366 g/mol. The first-order valence-corrected chi connectivity index (χ1v) is 10.2. The van der Waals surface area contributed by atoms with E-state index in [4.69, 9.17) is 10.5 Å². The van der Waals surface area contributed by atoms with E-state index in [1.807, 2.05) is 18.2 Å². The first kappa shape index (κ1) is 19.2. The highest BCUT2D eigenvalue weighted by Crippen LogP contribution is 2.35. The molecule has 2 aromatic rings. The van der Waals surface area contributed by atoms with Gasteiger partial charge < -0.3 is 15.8 Å². The van der Waals surface area contributed by atoms with Gasteiger partial charge >= 0.3 is 0 Å². The van der Waals surface area contributed by atoms with E-state index in [2.05, 4.69) is 5.32 Å². The van der Waals surface area contributed by atoms with Crippen molar-refractivity contribution in [2.24, 2.45) is 5.73 Å². The number of anilines is 1. The fourth-order valence-electron chi connectivity index (χ4n) is 3.17. The number of carbonyl (C=O) groups excluding carboxylic acids is 1. The summed E-state index contributed by atoms with van der Waals surface area (Å²) in [4.78, 5) is 12.2. The Morgan fingerprint density at radius 3 is 2.78 bits per heavy atom. The number of carbonyl (C=O) groups is 1. The van der Waals surface area contributed by atoms with Gasteiger partial charge in [-0.2, -0.15) is 0 Å². The van der Waals surface area contributed by atoms with Gasteiger partial charge in [0.15, 0.2) is 0 Å². The monoisotopic (exact) mass is 389 g/mol. The number of fused-ring (bicyclic) bond motifs is 1. The van der Waals surface area contributed by atoms with Crippen LogP contribution in [0.1, 0.15) is 22.3 Å². The minimum absolute atomic E-state index is 0.0258. The molecule has 3 N–H and O–H groups in total. The van der Waals surface area contributed by atoms with Gasteiger partial charge in [-0.05, 0) is 42.7 Å². The molecule has 144 valence electrons. The van der Waals surface area contributed by atoms with Crippen molar-refractivity contribution < 1.29 is 17.9 Å². The Morgan fingerprint density at radius 1 is 1.26 bits per heavy atom. The van der Waals surface area contributed by atoms with Crippen molar-refractivity contribution in [3.8, 4) is 5.75 Å². The van der Waals surface area contributed by atoms with Gasteiger partial charge in [0.1, 0.15) is 10.6 Å². The van der Waals surface area contributed by atoms with Gasteiger partial charge in [0.05, 0.1) is 12.8 Å². The van der Waals surface area contributed by atoms with Crippen molar-refractivity contribution in [3.63, 3.8) is 0 Å². The first-order valence-electron chi connectivity index (χ1n) is 8.76. The molecule has 0 bridgehead atoms. The van der Waals surface area contributed by atoms with Crippen LogP contribution in [0.2, 0.25) is 0 Å². The number of benzene rings is 2. The number of methoxy groups -OCH3 is 1. The Bertz CT molecular complexity index is 944. The second kappa shape index (κ2) is 7.98. The van der Waals surface area contributed by atoms with Crippen molar-refractivity contribution in [2.45, 2.75) is 17.7 Å². The molecule has 0 unspecified atom stereocenters. The minimum atomic E-state index is -3.89. The second-order valence-corrected chi connectivity index (χ2v) is 8.05. The molecule has 3 rings (SSSR count). The van der Waals surface area contributed by atoms with Gasteiger partial charge in [-0.25, -0.2) is 8.42 Å². The van der Waals surface area contributed by atoms with Crippen LogP contribution in [-0.4, -0.2) is 41.1 Å². The van der Waals surface area contributed by atoms with E-state index in [0.717, 1.165) is 18.4 Å². The molecule has 1 aliphatic rings. The summed E-state index contributed by atoms with van der Waals surface area (Å²) in [5, 5.41) is 2.65. The van der Waals surface area contributed by atoms with Crippen LogP contribution in [0.3, 0.4) is 0 Å². The number of amides is 1. The molecule has 0 aliphatic carbocycles. The van der Waals surface area contributed by atoms with E-state index in [1.165, 1.54) is 29.6 Å². The summed E-state index contributed by atoms with van der Waals surface area (Å²) >= 11 is 0. The summed E-state index contributed by atoms with van der Waals surface area (Å²) in [6.45, 7) is 0.996. The Labute approximate surface area is 159 Å². The lowest BCUT2D eigenvalue weighted by molar-refractivity contribution is 0.0954. The topological polar surface area (TPSA) is 102 Å². The average Bonchev–Trinajstić information content (AvgIpc) is 2.71. The number of nitrogens with one attached hydrogen (secondary N) is 1. The molecule has 27 heavy (non-hydrogen) atoms. The molecule has 2 aromatic carbocycles. The van der Waals surface area contributed by atoms with Gasteiger partial charge in [-0.1, -0.05) is 18.2 Å². The highest BCUT2D eigenvalue weighted by atomic mass is 32.2. The summed E-state index contributed by atoms with van der Waals surface area (Å²) in [7, 11) is -2.48. The van der Waals surface area contributed by atoms with E-state index in [1.54, 1.807) is 6.07 Å². The quantitative estimate of drug-likeness (QED) is 0.780. The lowest BCUT2D eigenvalue weighted by Gasteiger charge is -2.31. The van der Waals surface area contributed by atoms with E-state index in [9.17, 15) is 13.2 Å². The van der Waals surface area contributed by atoms with Gasteiger partial charge in [0.25, 0.3) is 15.9 Å². The van der Waals surface area contributed by atoms with Crippen molar-refractivity contribution in [2.75, 3.05) is 31.0 Å². The number of hydrogen-bond acceptors (Lipinski definition) is 5. The SMILES string of the molecule is COc1ccc(C(=O)NCCN)cc1S(=O)(=O)N1CCCc2ccccc21. The molecule has 1 heterocycles. The number of hydrogen-bond donors (Lipinski definition) is 2. The maximum Gasteiger partial charge on any atom is 0.268 e. The predicted octanol–water partition coefficient (Wildman–Crippen LogP) is 1.53. The van der Waals surface area contributed by atoms with Gasteiger partial charge in [-0.3, -0.25) is 9.10 Å². The number of nitrogens with two attached hydrogens (primary N) is 1. The molecule has 1 aliphatic heterocycles. The lowest BCUT2D eigenvalue weighted by atomic mass is 10.0. The van der Waals surface area contributed by atoms with E-state index >= 15 is 0 Å². The molecule has 0 aromatic heterocycles. The maximum atomic E-state index is 13.4.